The molecule has 3 rings (SSSR count). The number of anilines is 2. The van der Waals surface area contributed by atoms with E-state index in [-0.39, 0.29) is 0 Å². The molecule has 0 radical (unpaired) electrons. The van der Waals surface area contributed by atoms with Crippen LogP contribution in [0.5, 0.6) is 0 Å². The number of hydrogen-bond acceptors (Lipinski definition) is 4. The lowest BCUT2D eigenvalue weighted by Crippen LogP contribution is -2.11. The van der Waals surface area contributed by atoms with Crippen LogP contribution in [0.4, 0.5) is 11.4 Å². The van der Waals surface area contributed by atoms with Gasteiger partial charge < -0.3 is 10.6 Å². The monoisotopic (exact) mass is 309 g/mol. The molecule has 2 aromatic carbocycles. The van der Waals surface area contributed by atoms with Crippen LogP contribution in [0.15, 0.2) is 60.0 Å². The van der Waals surface area contributed by atoms with Crippen LogP contribution in [0.1, 0.15) is 11.9 Å². The SMILES string of the molecule is CCNCc1nc(-c2ccc(Nc3ccccc3)cc2)cs1. The van der Waals surface area contributed by atoms with Crippen LogP contribution in [-0.4, -0.2) is 11.5 Å². The highest BCUT2D eigenvalue weighted by Gasteiger charge is 2.04. The van der Waals surface area contributed by atoms with Crippen LogP contribution in [0.2, 0.25) is 0 Å². The highest BCUT2D eigenvalue weighted by atomic mass is 32.1. The molecular formula is C18H19N3S. The minimum absolute atomic E-state index is 0.842. The van der Waals surface area contributed by atoms with E-state index in [4.69, 9.17) is 0 Å². The Morgan fingerprint density at radius 2 is 1.68 bits per heavy atom. The second-order valence-electron chi connectivity index (χ2n) is 4.98. The molecule has 0 saturated carbocycles. The molecule has 3 aromatic rings. The van der Waals surface area contributed by atoms with Crippen molar-refractivity contribution in [2.45, 2.75) is 13.5 Å². The first-order valence-corrected chi connectivity index (χ1v) is 8.31. The number of rotatable bonds is 6. The van der Waals surface area contributed by atoms with E-state index < -0.39 is 0 Å². The molecule has 3 nitrogen and oxygen atoms in total. The summed E-state index contributed by atoms with van der Waals surface area (Å²) in [6.45, 7) is 3.91. The van der Waals surface area contributed by atoms with Gasteiger partial charge in [0.2, 0.25) is 0 Å². The average Bonchev–Trinajstić information content (AvgIpc) is 3.03. The van der Waals surface area contributed by atoms with Gasteiger partial charge >= 0.3 is 0 Å². The van der Waals surface area contributed by atoms with Gasteiger partial charge in [0, 0.05) is 28.9 Å². The molecule has 0 aliphatic rings. The zero-order valence-corrected chi connectivity index (χ0v) is 13.4. The van der Waals surface area contributed by atoms with Gasteiger partial charge in [-0.25, -0.2) is 4.98 Å². The Morgan fingerprint density at radius 3 is 2.41 bits per heavy atom. The molecule has 4 heteroatoms. The summed E-state index contributed by atoms with van der Waals surface area (Å²) in [5.41, 5.74) is 4.37. The van der Waals surface area contributed by atoms with Crippen molar-refractivity contribution in [3.63, 3.8) is 0 Å². The third-order valence-electron chi connectivity index (χ3n) is 3.32. The zero-order chi connectivity index (χ0) is 15.2. The fourth-order valence-corrected chi connectivity index (χ4v) is 2.94. The molecule has 0 bridgehead atoms. The number of aromatic nitrogens is 1. The molecule has 0 aliphatic carbocycles. The van der Waals surface area contributed by atoms with E-state index in [1.165, 1.54) is 0 Å². The molecular weight excluding hydrogens is 290 g/mol. The number of hydrogen-bond donors (Lipinski definition) is 2. The summed E-state index contributed by atoms with van der Waals surface area (Å²) < 4.78 is 0. The Labute approximate surface area is 135 Å². The summed E-state index contributed by atoms with van der Waals surface area (Å²) in [5.74, 6) is 0. The van der Waals surface area contributed by atoms with Gasteiger partial charge in [0.25, 0.3) is 0 Å². The second kappa shape index (κ2) is 7.20. The van der Waals surface area contributed by atoms with Gasteiger partial charge in [-0.1, -0.05) is 37.3 Å². The predicted molar refractivity (Wildman–Crippen MR) is 94.7 cm³/mol. The maximum Gasteiger partial charge on any atom is 0.107 e. The van der Waals surface area contributed by atoms with E-state index in [9.17, 15) is 0 Å². The molecule has 22 heavy (non-hydrogen) atoms. The van der Waals surface area contributed by atoms with Crippen LogP contribution in [0.3, 0.4) is 0 Å². The highest BCUT2D eigenvalue weighted by Crippen LogP contribution is 2.24. The summed E-state index contributed by atoms with van der Waals surface area (Å²) in [6.07, 6.45) is 0. The van der Waals surface area contributed by atoms with Crippen molar-refractivity contribution >= 4 is 22.7 Å². The Hall–Kier alpha value is -2.17. The van der Waals surface area contributed by atoms with Crippen molar-refractivity contribution in [1.29, 1.82) is 0 Å². The topological polar surface area (TPSA) is 37.0 Å². The first-order valence-electron chi connectivity index (χ1n) is 7.43. The highest BCUT2D eigenvalue weighted by molar-refractivity contribution is 7.09. The molecule has 0 atom stereocenters. The predicted octanol–water partition coefficient (Wildman–Crippen LogP) is 4.66. The minimum atomic E-state index is 0.842. The molecule has 0 aliphatic heterocycles. The normalized spacial score (nSPS) is 10.6. The number of benzene rings is 2. The number of nitrogens with zero attached hydrogens (tertiary/aromatic N) is 1. The Morgan fingerprint density at radius 1 is 0.955 bits per heavy atom. The fourth-order valence-electron chi connectivity index (χ4n) is 2.17. The number of para-hydroxylation sites is 1. The van der Waals surface area contributed by atoms with E-state index in [2.05, 4.69) is 64.3 Å². The van der Waals surface area contributed by atoms with E-state index in [1.54, 1.807) is 11.3 Å². The summed E-state index contributed by atoms with van der Waals surface area (Å²) in [6, 6.07) is 18.6. The fraction of sp³-hybridized carbons (Fsp3) is 0.167. The zero-order valence-electron chi connectivity index (χ0n) is 12.5. The lowest BCUT2D eigenvalue weighted by Gasteiger charge is -2.06. The average molecular weight is 309 g/mol. The molecule has 1 aromatic heterocycles. The van der Waals surface area contributed by atoms with E-state index in [0.717, 1.165) is 40.7 Å². The third-order valence-corrected chi connectivity index (χ3v) is 4.17. The van der Waals surface area contributed by atoms with Crippen LogP contribution in [0, 0.1) is 0 Å². The molecule has 0 spiro atoms. The van der Waals surface area contributed by atoms with Gasteiger partial charge in [-0.15, -0.1) is 11.3 Å². The molecule has 0 unspecified atom stereocenters. The summed E-state index contributed by atoms with van der Waals surface area (Å²) in [7, 11) is 0. The second-order valence-corrected chi connectivity index (χ2v) is 5.92. The maximum atomic E-state index is 4.67. The lowest BCUT2D eigenvalue weighted by atomic mass is 10.1. The molecule has 2 N–H and O–H groups in total. The van der Waals surface area contributed by atoms with Gasteiger partial charge in [-0.3, -0.25) is 0 Å². The molecule has 112 valence electrons. The van der Waals surface area contributed by atoms with Gasteiger partial charge in [-0.2, -0.15) is 0 Å². The largest absolute Gasteiger partial charge is 0.356 e. The Bertz CT molecular complexity index is 705. The standard InChI is InChI=1S/C18H19N3S/c1-2-19-12-18-21-17(13-22-18)14-8-10-16(11-9-14)20-15-6-4-3-5-7-15/h3-11,13,19-20H,2,12H2,1H3. The van der Waals surface area contributed by atoms with Crippen molar-refractivity contribution in [2.24, 2.45) is 0 Å². The maximum absolute atomic E-state index is 4.67. The quantitative estimate of drug-likeness (QED) is 0.695. The first-order chi connectivity index (χ1) is 10.8. The lowest BCUT2D eigenvalue weighted by molar-refractivity contribution is 0.723. The number of nitrogens with one attached hydrogen (secondary N) is 2. The van der Waals surface area contributed by atoms with Crippen molar-refractivity contribution in [3.05, 3.63) is 65.0 Å². The van der Waals surface area contributed by atoms with Gasteiger partial charge in [0.15, 0.2) is 0 Å². The van der Waals surface area contributed by atoms with Gasteiger partial charge in [0.1, 0.15) is 5.01 Å². The van der Waals surface area contributed by atoms with Crippen LogP contribution < -0.4 is 10.6 Å². The van der Waals surface area contributed by atoms with Crippen molar-refractivity contribution in [2.75, 3.05) is 11.9 Å². The molecule has 0 saturated heterocycles. The van der Waals surface area contributed by atoms with Crippen LogP contribution >= 0.6 is 11.3 Å². The third kappa shape index (κ3) is 3.72. The van der Waals surface area contributed by atoms with E-state index in [0.29, 0.717) is 0 Å². The van der Waals surface area contributed by atoms with Gasteiger partial charge in [-0.05, 0) is 30.8 Å². The molecule has 0 amide bonds. The molecule has 0 fully saturated rings. The van der Waals surface area contributed by atoms with Gasteiger partial charge in [0.05, 0.1) is 5.69 Å². The van der Waals surface area contributed by atoms with Crippen LogP contribution in [0.25, 0.3) is 11.3 Å². The van der Waals surface area contributed by atoms with E-state index >= 15 is 0 Å². The Balaban J connectivity index is 1.70. The van der Waals surface area contributed by atoms with Crippen molar-refractivity contribution < 1.29 is 0 Å². The smallest absolute Gasteiger partial charge is 0.107 e. The molecule has 1 heterocycles. The van der Waals surface area contributed by atoms with Crippen LogP contribution in [-0.2, 0) is 6.54 Å². The van der Waals surface area contributed by atoms with Crippen molar-refractivity contribution in [1.82, 2.24) is 10.3 Å². The van der Waals surface area contributed by atoms with Crippen molar-refractivity contribution in [3.8, 4) is 11.3 Å². The van der Waals surface area contributed by atoms with E-state index in [1.807, 2.05) is 18.2 Å². The first kappa shape index (κ1) is 14.8. The minimum Gasteiger partial charge on any atom is -0.356 e. The summed E-state index contributed by atoms with van der Waals surface area (Å²) in [5, 5.41) is 9.94. The number of thiazole rings is 1. The summed E-state index contributed by atoms with van der Waals surface area (Å²) >= 11 is 1.70. The Kier molecular flexibility index (Phi) is 4.83. The summed E-state index contributed by atoms with van der Waals surface area (Å²) in [4.78, 5) is 4.67.